The fourth-order valence-electron chi connectivity index (χ4n) is 4.04. The molecule has 6 nitrogen and oxygen atoms in total. The predicted molar refractivity (Wildman–Crippen MR) is 139 cm³/mol. The number of ether oxygens (including phenoxy) is 1. The molecule has 0 unspecified atom stereocenters. The molecule has 0 spiro atoms. The Hall–Kier alpha value is -4.26. The van der Waals surface area contributed by atoms with E-state index in [0.717, 1.165) is 4.90 Å². The monoisotopic (exact) mass is 529 g/mol. The van der Waals surface area contributed by atoms with E-state index in [4.69, 9.17) is 27.9 Å². The molecule has 0 N–H and O–H groups in total. The average Bonchev–Trinajstić information content (AvgIpc) is 3.16. The lowest BCUT2D eigenvalue weighted by molar-refractivity contribution is 0.0280. The minimum absolute atomic E-state index is 0.146. The average molecular weight is 530 g/mol. The second kappa shape index (κ2) is 10.0. The first-order valence-corrected chi connectivity index (χ1v) is 11.9. The van der Waals surface area contributed by atoms with Gasteiger partial charge < -0.3 is 4.74 Å². The minimum atomic E-state index is -1.15. The molecule has 0 saturated carbocycles. The third kappa shape index (κ3) is 4.65. The summed E-state index contributed by atoms with van der Waals surface area (Å²) < 4.78 is 5.66. The molecule has 1 atom stereocenters. The lowest BCUT2D eigenvalue weighted by Crippen LogP contribution is -2.29. The van der Waals surface area contributed by atoms with Crippen LogP contribution in [0.2, 0.25) is 10.0 Å². The quantitative estimate of drug-likeness (QED) is 0.160. The molecule has 37 heavy (non-hydrogen) atoms. The fourth-order valence-corrected chi connectivity index (χ4v) is 4.37. The Labute approximate surface area is 222 Å². The molecule has 182 valence electrons. The van der Waals surface area contributed by atoms with Gasteiger partial charge in [0.2, 0.25) is 5.78 Å². The van der Waals surface area contributed by atoms with Crippen LogP contribution in [-0.4, -0.2) is 23.6 Å². The molecule has 0 aliphatic carbocycles. The van der Waals surface area contributed by atoms with Crippen molar-refractivity contribution in [3.05, 3.63) is 135 Å². The van der Waals surface area contributed by atoms with Crippen molar-refractivity contribution in [3.63, 3.8) is 0 Å². The highest BCUT2D eigenvalue weighted by atomic mass is 35.5. The number of rotatable bonds is 6. The van der Waals surface area contributed by atoms with E-state index in [1.165, 1.54) is 36.4 Å². The van der Waals surface area contributed by atoms with E-state index in [1.54, 1.807) is 60.7 Å². The second-order valence-electron chi connectivity index (χ2n) is 8.23. The molecule has 8 heteroatoms. The topological polar surface area (TPSA) is 80.8 Å². The van der Waals surface area contributed by atoms with Crippen molar-refractivity contribution in [2.45, 2.75) is 6.10 Å². The van der Waals surface area contributed by atoms with Crippen LogP contribution in [0.15, 0.2) is 97.1 Å². The maximum absolute atomic E-state index is 13.2. The number of esters is 1. The van der Waals surface area contributed by atoms with E-state index in [1.807, 2.05) is 0 Å². The van der Waals surface area contributed by atoms with Gasteiger partial charge in [-0.05, 0) is 36.4 Å². The summed E-state index contributed by atoms with van der Waals surface area (Å²) in [4.78, 5) is 53.0. The van der Waals surface area contributed by atoms with E-state index in [-0.39, 0.29) is 38.2 Å². The number of carbonyl (C=O) groups excluding carboxylic acids is 4. The van der Waals surface area contributed by atoms with E-state index < -0.39 is 23.9 Å². The molecular weight excluding hydrogens is 513 g/mol. The Morgan fingerprint density at radius 1 is 0.676 bits per heavy atom. The summed E-state index contributed by atoms with van der Waals surface area (Å²) in [5, 5.41) is 0.332. The van der Waals surface area contributed by atoms with Gasteiger partial charge in [0.15, 0.2) is 6.10 Å². The number of carbonyl (C=O) groups is 4. The zero-order chi connectivity index (χ0) is 26.1. The highest BCUT2D eigenvalue weighted by Gasteiger charge is 2.37. The third-order valence-corrected chi connectivity index (χ3v) is 6.63. The number of hydrogen-bond donors (Lipinski definition) is 0. The van der Waals surface area contributed by atoms with Gasteiger partial charge in [-0.15, -0.1) is 0 Å². The molecule has 1 heterocycles. The highest BCUT2D eigenvalue weighted by molar-refractivity contribution is 6.44. The van der Waals surface area contributed by atoms with Gasteiger partial charge >= 0.3 is 5.97 Å². The first-order chi connectivity index (χ1) is 17.8. The Morgan fingerprint density at radius 3 is 1.73 bits per heavy atom. The normalized spacial score (nSPS) is 13.3. The van der Waals surface area contributed by atoms with E-state index in [0.29, 0.717) is 11.1 Å². The van der Waals surface area contributed by atoms with Crippen LogP contribution in [-0.2, 0) is 4.74 Å². The van der Waals surface area contributed by atoms with Crippen LogP contribution in [0.1, 0.15) is 53.1 Å². The summed E-state index contributed by atoms with van der Waals surface area (Å²) in [7, 11) is 0. The lowest BCUT2D eigenvalue weighted by atomic mass is 10.00. The molecule has 5 rings (SSSR count). The Bertz CT molecular complexity index is 1500. The molecule has 1 aliphatic heterocycles. The zero-order valence-corrected chi connectivity index (χ0v) is 20.6. The fraction of sp³-hybridized carbons (Fsp3) is 0.0345. The first-order valence-electron chi connectivity index (χ1n) is 11.2. The maximum atomic E-state index is 13.2. The van der Waals surface area contributed by atoms with Crippen LogP contribution < -0.4 is 4.90 Å². The summed E-state index contributed by atoms with van der Waals surface area (Å²) in [6, 6.07) is 25.8. The molecule has 0 aromatic heterocycles. The number of benzene rings is 4. The van der Waals surface area contributed by atoms with Gasteiger partial charge in [0.25, 0.3) is 11.8 Å². The van der Waals surface area contributed by atoms with Crippen LogP contribution in [0.5, 0.6) is 0 Å². The summed E-state index contributed by atoms with van der Waals surface area (Å²) >= 11 is 12.0. The minimum Gasteiger partial charge on any atom is -0.445 e. The van der Waals surface area contributed by atoms with Crippen LogP contribution in [0, 0.1) is 0 Å². The van der Waals surface area contributed by atoms with E-state index in [2.05, 4.69) is 0 Å². The number of imide groups is 1. The first kappa shape index (κ1) is 24.4. The molecule has 0 fully saturated rings. The number of nitrogens with zero attached hydrogens (tertiary/aromatic N) is 1. The Kier molecular flexibility index (Phi) is 6.61. The maximum Gasteiger partial charge on any atom is 0.339 e. The van der Waals surface area contributed by atoms with Gasteiger partial charge in [-0.3, -0.25) is 14.4 Å². The molecule has 4 aromatic rings. The number of anilines is 1. The third-order valence-electron chi connectivity index (χ3n) is 5.91. The molecule has 0 saturated heterocycles. The van der Waals surface area contributed by atoms with Gasteiger partial charge in [0.1, 0.15) is 0 Å². The molecule has 4 aromatic carbocycles. The van der Waals surface area contributed by atoms with Crippen LogP contribution >= 0.6 is 23.2 Å². The SMILES string of the molecule is O=C(O[C@H](C(=O)c1ccccc1)c1ccccc1)c1ccc(N2C(=O)c3cc(Cl)c(Cl)cc3C2=O)cc1. The van der Waals surface area contributed by atoms with Crippen molar-refractivity contribution in [2.24, 2.45) is 0 Å². The van der Waals surface area contributed by atoms with Crippen molar-refractivity contribution in [1.29, 1.82) is 0 Å². The van der Waals surface area contributed by atoms with Gasteiger partial charge in [0, 0.05) is 11.1 Å². The van der Waals surface area contributed by atoms with Gasteiger partial charge in [-0.1, -0.05) is 83.9 Å². The lowest BCUT2D eigenvalue weighted by Gasteiger charge is -2.18. The smallest absolute Gasteiger partial charge is 0.339 e. The van der Waals surface area contributed by atoms with Gasteiger partial charge in [-0.2, -0.15) is 0 Å². The number of Topliss-reactive ketones (excluding diaryl/α,β-unsaturated/α-hetero) is 1. The number of ketones is 1. The van der Waals surface area contributed by atoms with Crippen molar-refractivity contribution in [2.75, 3.05) is 4.90 Å². The summed E-state index contributed by atoms with van der Waals surface area (Å²) in [6.07, 6.45) is -1.15. The standard InChI is InChI=1S/C29H17Cl2NO5/c30-23-15-21-22(16-24(23)31)28(35)32(27(21)34)20-13-11-19(12-14-20)29(36)37-26(18-9-5-2-6-10-18)25(33)17-7-3-1-4-8-17/h1-16,26H/t26-/m0/s1. The zero-order valence-electron chi connectivity index (χ0n) is 19.1. The number of amides is 2. The van der Waals surface area contributed by atoms with Gasteiger partial charge in [0.05, 0.1) is 32.4 Å². The second-order valence-corrected chi connectivity index (χ2v) is 9.05. The number of fused-ring (bicyclic) bond motifs is 1. The number of halogens is 2. The Morgan fingerprint density at radius 2 is 1.19 bits per heavy atom. The summed E-state index contributed by atoms with van der Waals surface area (Å²) in [5.74, 6) is -2.19. The summed E-state index contributed by atoms with van der Waals surface area (Å²) in [6.45, 7) is 0. The van der Waals surface area contributed by atoms with E-state index >= 15 is 0 Å². The van der Waals surface area contributed by atoms with Crippen LogP contribution in [0.3, 0.4) is 0 Å². The van der Waals surface area contributed by atoms with Crippen molar-refractivity contribution in [3.8, 4) is 0 Å². The van der Waals surface area contributed by atoms with Gasteiger partial charge in [-0.25, -0.2) is 9.69 Å². The molecule has 2 amide bonds. The highest BCUT2D eigenvalue weighted by Crippen LogP contribution is 2.34. The van der Waals surface area contributed by atoms with Crippen molar-refractivity contribution in [1.82, 2.24) is 0 Å². The molecule has 0 bridgehead atoms. The largest absolute Gasteiger partial charge is 0.445 e. The molecule has 0 radical (unpaired) electrons. The van der Waals surface area contributed by atoms with Crippen LogP contribution in [0.25, 0.3) is 0 Å². The van der Waals surface area contributed by atoms with E-state index in [9.17, 15) is 19.2 Å². The predicted octanol–water partition coefficient (Wildman–Crippen LogP) is 6.58. The summed E-state index contributed by atoms with van der Waals surface area (Å²) in [5.41, 5.74) is 1.64. The van der Waals surface area contributed by atoms with Crippen molar-refractivity contribution < 1.29 is 23.9 Å². The van der Waals surface area contributed by atoms with Crippen LogP contribution in [0.4, 0.5) is 5.69 Å². The molecule has 1 aliphatic rings. The molecular formula is C29H17Cl2NO5. The Balaban J connectivity index is 1.39. The van der Waals surface area contributed by atoms with Crippen molar-refractivity contribution >= 4 is 52.5 Å². The number of hydrogen-bond acceptors (Lipinski definition) is 5.